The number of rotatable bonds is 6. The molecule has 0 atom stereocenters. The first kappa shape index (κ1) is 16.6. The molecule has 0 aromatic heterocycles. The summed E-state index contributed by atoms with van der Waals surface area (Å²) in [5, 5.41) is 18.1. The zero-order valence-electron chi connectivity index (χ0n) is 11.0. The number of allylic oxidation sites excluding steroid dienone is 2. The quantitative estimate of drug-likeness (QED) is 0.787. The van der Waals surface area contributed by atoms with Crippen molar-refractivity contribution in [1.82, 2.24) is 4.90 Å². The third-order valence-electron chi connectivity index (χ3n) is 2.54. The summed E-state index contributed by atoms with van der Waals surface area (Å²) in [6, 6.07) is 0. The number of aliphatic hydroxyl groups is 2. The number of carbonyl (C=O) groups is 1. The van der Waals surface area contributed by atoms with Crippen LogP contribution in [0.15, 0.2) is 10.2 Å². The molecular weight excluding hydrogens is 286 g/mol. The van der Waals surface area contributed by atoms with Gasteiger partial charge in [-0.1, -0.05) is 29.8 Å². The van der Waals surface area contributed by atoms with Crippen molar-refractivity contribution in [3.63, 3.8) is 0 Å². The van der Waals surface area contributed by atoms with Crippen molar-refractivity contribution >= 4 is 21.8 Å². The SMILES string of the molecule is C/C(Br)=C(/C)N(CC(C)(C)CO)C(=O)CCO. The number of hydrogen-bond donors (Lipinski definition) is 2. The van der Waals surface area contributed by atoms with Crippen LogP contribution in [0.5, 0.6) is 0 Å². The van der Waals surface area contributed by atoms with Crippen molar-refractivity contribution < 1.29 is 15.0 Å². The van der Waals surface area contributed by atoms with Gasteiger partial charge in [-0.15, -0.1) is 0 Å². The predicted octanol–water partition coefficient (Wildman–Crippen LogP) is 1.86. The molecular formula is C12H22BrNO3. The van der Waals surface area contributed by atoms with E-state index in [9.17, 15) is 9.90 Å². The zero-order chi connectivity index (χ0) is 13.6. The van der Waals surface area contributed by atoms with Gasteiger partial charge < -0.3 is 15.1 Å². The predicted molar refractivity (Wildman–Crippen MR) is 71.6 cm³/mol. The van der Waals surface area contributed by atoms with Crippen molar-refractivity contribution in [1.29, 1.82) is 0 Å². The summed E-state index contributed by atoms with van der Waals surface area (Å²) in [5.41, 5.74) is 0.444. The Morgan fingerprint density at radius 1 is 1.29 bits per heavy atom. The standard InChI is InChI=1S/C12H22BrNO3/c1-9(13)10(2)14(11(17)5-6-15)7-12(3,4)8-16/h15-16H,5-8H2,1-4H3/b10-9+. The fraction of sp³-hybridized carbons (Fsp3) is 0.750. The van der Waals surface area contributed by atoms with Gasteiger partial charge in [0, 0.05) is 28.7 Å². The highest BCUT2D eigenvalue weighted by atomic mass is 79.9. The lowest BCUT2D eigenvalue weighted by Crippen LogP contribution is -2.39. The number of aliphatic hydroxyl groups excluding tert-OH is 2. The van der Waals surface area contributed by atoms with E-state index in [1.807, 2.05) is 27.7 Å². The molecule has 0 heterocycles. The Kier molecular flexibility index (Phi) is 6.97. The van der Waals surface area contributed by atoms with Crippen molar-refractivity contribution in [3.05, 3.63) is 10.2 Å². The summed E-state index contributed by atoms with van der Waals surface area (Å²) in [6.07, 6.45) is 0.0964. The molecule has 0 aliphatic heterocycles. The third-order valence-corrected chi connectivity index (χ3v) is 3.12. The van der Waals surface area contributed by atoms with Crippen LogP contribution >= 0.6 is 15.9 Å². The maximum atomic E-state index is 11.9. The van der Waals surface area contributed by atoms with Gasteiger partial charge in [0.25, 0.3) is 0 Å². The number of amides is 1. The van der Waals surface area contributed by atoms with Gasteiger partial charge in [0.15, 0.2) is 0 Å². The van der Waals surface area contributed by atoms with Crippen molar-refractivity contribution in [3.8, 4) is 0 Å². The van der Waals surface area contributed by atoms with Gasteiger partial charge in [-0.05, 0) is 13.8 Å². The average Bonchev–Trinajstić information content (AvgIpc) is 2.25. The molecule has 0 rings (SSSR count). The lowest BCUT2D eigenvalue weighted by atomic mass is 9.93. The van der Waals surface area contributed by atoms with Crippen LogP contribution in [0, 0.1) is 5.41 Å². The monoisotopic (exact) mass is 307 g/mol. The first-order valence-electron chi connectivity index (χ1n) is 5.60. The Morgan fingerprint density at radius 3 is 2.18 bits per heavy atom. The maximum absolute atomic E-state index is 11.9. The van der Waals surface area contributed by atoms with Crippen LogP contribution in [0.1, 0.15) is 34.1 Å². The van der Waals surface area contributed by atoms with Gasteiger partial charge in [0.2, 0.25) is 5.91 Å². The summed E-state index contributed by atoms with van der Waals surface area (Å²) in [6.45, 7) is 7.75. The van der Waals surface area contributed by atoms with Crippen LogP contribution in [-0.4, -0.2) is 40.8 Å². The summed E-state index contributed by atoms with van der Waals surface area (Å²) in [5.74, 6) is -0.134. The van der Waals surface area contributed by atoms with Gasteiger partial charge in [-0.3, -0.25) is 4.79 Å². The number of carbonyl (C=O) groups excluding carboxylic acids is 1. The fourth-order valence-electron chi connectivity index (χ4n) is 1.29. The lowest BCUT2D eigenvalue weighted by Gasteiger charge is -2.32. The normalized spacial score (nSPS) is 13.4. The van der Waals surface area contributed by atoms with E-state index in [-0.39, 0.29) is 31.0 Å². The largest absolute Gasteiger partial charge is 0.396 e. The minimum absolute atomic E-state index is 0.00448. The van der Waals surface area contributed by atoms with Crippen LogP contribution in [-0.2, 0) is 4.79 Å². The van der Waals surface area contributed by atoms with Crippen LogP contribution in [0.25, 0.3) is 0 Å². The van der Waals surface area contributed by atoms with Crippen LogP contribution in [0.4, 0.5) is 0 Å². The summed E-state index contributed by atoms with van der Waals surface area (Å²) in [4.78, 5) is 13.5. The van der Waals surface area contributed by atoms with Crippen molar-refractivity contribution in [2.24, 2.45) is 5.41 Å². The average molecular weight is 308 g/mol. The molecule has 0 fully saturated rings. The molecule has 0 aromatic rings. The molecule has 5 heteroatoms. The van der Waals surface area contributed by atoms with Crippen LogP contribution in [0.2, 0.25) is 0 Å². The molecule has 2 N–H and O–H groups in total. The number of hydrogen-bond acceptors (Lipinski definition) is 3. The summed E-state index contributed by atoms with van der Waals surface area (Å²) >= 11 is 3.35. The minimum atomic E-state index is -0.366. The van der Waals surface area contributed by atoms with Gasteiger partial charge in [0.1, 0.15) is 0 Å². The van der Waals surface area contributed by atoms with Crippen molar-refractivity contribution in [2.45, 2.75) is 34.1 Å². The molecule has 0 saturated heterocycles. The zero-order valence-corrected chi connectivity index (χ0v) is 12.5. The molecule has 0 radical (unpaired) electrons. The van der Waals surface area contributed by atoms with E-state index in [4.69, 9.17) is 5.11 Å². The molecule has 4 nitrogen and oxygen atoms in total. The second kappa shape index (κ2) is 7.13. The first-order chi connectivity index (χ1) is 7.75. The smallest absolute Gasteiger partial charge is 0.229 e. The Morgan fingerprint density at radius 2 is 1.82 bits per heavy atom. The molecule has 100 valence electrons. The third kappa shape index (κ3) is 5.66. The van der Waals surface area contributed by atoms with E-state index >= 15 is 0 Å². The van der Waals surface area contributed by atoms with E-state index in [1.54, 1.807) is 4.90 Å². The van der Waals surface area contributed by atoms with Crippen LogP contribution in [0.3, 0.4) is 0 Å². The lowest BCUT2D eigenvalue weighted by molar-refractivity contribution is -0.131. The Balaban J connectivity index is 5.00. The van der Waals surface area contributed by atoms with E-state index in [1.165, 1.54) is 0 Å². The highest BCUT2D eigenvalue weighted by molar-refractivity contribution is 9.11. The number of nitrogens with zero attached hydrogens (tertiary/aromatic N) is 1. The molecule has 0 bridgehead atoms. The molecule has 0 aliphatic rings. The summed E-state index contributed by atoms with van der Waals surface area (Å²) < 4.78 is 0.873. The molecule has 0 spiro atoms. The minimum Gasteiger partial charge on any atom is -0.396 e. The molecule has 0 unspecified atom stereocenters. The highest BCUT2D eigenvalue weighted by Gasteiger charge is 2.25. The Labute approximate surface area is 111 Å². The van der Waals surface area contributed by atoms with E-state index < -0.39 is 0 Å². The van der Waals surface area contributed by atoms with Gasteiger partial charge >= 0.3 is 0 Å². The van der Waals surface area contributed by atoms with Gasteiger partial charge in [0.05, 0.1) is 13.0 Å². The van der Waals surface area contributed by atoms with Gasteiger partial charge in [-0.2, -0.15) is 0 Å². The number of halogens is 1. The van der Waals surface area contributed by atoms with Gasteiger partial charge in [-0.25, -0.2) is 0 Å². The second-order valence-corrected chi connectivity index (χ2v) is 6.08. The molecule has 0 aromatic carbocycles. The highest BCUT2D eigenvalue weighted by Crippen LogP contribution is 2.23. The topological polar surface area (TPSA) is 60.8 Å². The molecule has 0 aliphatic carbocycles. The van der Waals surface area contributed by atoms with E-state index in [2.05, 4.69) is 15.9 Å². The second-order valence-electron chi connectivity index (χ2n) is 4.89. The van der Waals surface area contributed by atoms with E-state index in [0.29, 0.717) is 6.54 Å². The van der Waals surface area contributed by atoms with Crippen molar-refractivity contribution in [2.75, 3.05) is 19.8 Å². The Hall–Kier alpha value is -0.390. The molecule has 0 saturated carbocycles. The Bertz CT molecular complexity index is 296. The fourth-order valence-corrected chi connectivity index (χ4v) is 1.50. The summed E-state index contributed by atoms with van der Waals surface area (Å²) in [7, 11) is 0. The maximum Gasteiger partial charge on any atom is 0.229 e. The van der Waals surface area contributed by atoms with E-state index in [0.717, 1.165) is 10.2 Å². The van der Waals surface area contributed by atoms with Crippen LogP contribution < -0.4 is 0 Å². The molecule has 17 heavy (non-hydrogen) atoms. The molecule has 1 amide bonds. The first-order valence-corrected chi connectivity index (χ1v) is 6.39.